The molecular formula is C14H11BrF2N2O. The van der Waals surface area contributed by atoms with E-state index in [1.807, 2.05) is 0 Å². The summed E-state index contributed by atoms with van der Waals surface area (Å²) in [6.07, 6.45) is 0. The normalized spacial score (nSPS) is 10.4. The first-order valence-corrected chi connectivity index (χ1v) is 6.47. The molecule has 0 spiro atoms. The van der Waals surface area contributed by atoms with Gasteiger partial charge in [-0.2, -0.15) is 0 Å². The zero-order valence-electron chi connectivity index (χ0n) is 10.5. The topological polar surface area (TPSA) is 46.3 Å². The van der Waals surface area contributed by atoms with Gasteiger partial charge in [0.1, 0.15) is 17.2 Å². The van der Waals surface area contributed by atoms with E-state index >= 15 is 0 Å². The van der Waals surface area contributed by atoms with Crippen LogP contribution < -0.4 is 10.6 Å². The fourth-order valence-corrected chi connectivity index (χ4v) is 2.17. The third kappa shape index (κ3) is 2.80. The van der Waals surface area contributed by atoms with E-state index in [-0.39, 0.29) is 4.47 Å². The minimum Gasteiger partial charge on any atom is -0.399 e. The van der Waals surface area contributed by atoms with Gasteiger partial charge in [-0.05, 0) is 30.3 Å². The van der Waals surface area contributed by atoms with Crippen LogP contribution in [0.15, 0.2) is 40.9 Å². The van der Waals surface area contributed by atoms with E-state index in [0.717, 1.165) is 17.0 Å². The average Bonchev–Trinajstić information content (AvgIpc) is 2.36. The lowest BCUT2D eigenvalue weighted by Crippen LogP contribution is -2.28. The second-order valence-corrected chi connectivity index (χ2v) is 5.12. The Balaban J connectivity index is 2.41. The summed E-state index contributed by atoms with van der Waals surface area (Å²) < 4.78 is 27.8. The molecule has 2 N–H and O–H groups in total. The summed E-state index contributed by atoms with van der Waals surface area (Å²) in [6.45, 7) is 0. The fourth-order valence-electron chi connectivity index (χ4n) is 1.76. The number of halogens is 3. The summed E-state index contributed by atoms with van der Waals surface area (Å²) in [7, 11) is 1.43. The molecule has 0 aliphatic heterocycles. The number of benzene rings is 2. The number of hydrogen-bond acceptors (Lipinski definition) is 2. The maximum Gasteiger partial charge on any atom is 0.263 e. The average molecular weight is 341 g/mol. The van der Waals surface area contributed by atoms with Crippen molar-refractivity contribution in [3.8, 4) is 0 Å². The molecule has 2 aromatic carbocycles. The van der Waals surface area contributed by atoms with E-state index in [4.69, 9.17) is 5.73 Å². The van der Waals surface area contributed by atoms with Gasteiger partial charge >= 0.3 is 0 Å². The van der Waals surface area contributed by atoms with Gasteiger partial charge in [-0.1, -0.05) is 22.0 Å². The molecule has 2 aromatic rings. The summed E-state index contributed by atoms with van der Waals surface area (Å²) >= 11 is 2.97. The number of nitrogens with zero attached hydrogens (tertiary/aromatic N) is 1. The summed E-state index contributed by atoms with van der Waals surface area (Å²) in [5.74, 6) is -2.62. The number of nitrogen functional groups attached to an aromatic ring is 1. The fraction of sp³-hybridized carbons (Fsp3) is 0.0714. The second-order valence-electron chi connectivity index (χ2n) is 4.20. The van der Waals surface area contributed by atoms with Crippen LogP contribution in [0.2, 0.25) is 0 Å². The Labute approximate surface area is 123 Å². The van der Waals surface area contributed by atoms with Crippen molar-refractivity contribution in [3.63, 3.8) is 0 Å². The van der Waals surface area contributed by atoms with Crippen LogP contribution in [-0.4, -0.2) is 13.0 Å². The van der Waals surface area contributed by atoms with E-state index in [2.05, 4.69) is 15.9 Å². The van der Waals surface area contributed by atoms with Crippen LogP contribution in [0.25, 0.3) is 0 Å². The SMILES string of the molecule is CN(C(=O)c1c(F)cc(Br)cc1F)c1cccc(N)c1. The van der Waals surface area contributed by atoms with Gasteiger partial charge in [0.15, 0.2) is 0 Å². The highest BCUT2D eigenvalue weighted by Gasteiger charge is 2.22. The lowest BCUT2D eigenvalue weighted by molar-refractivity contribution is 0.0985. The number of rotatable bonds is 2. The molecule has 104 valence electrons. The molecule has 0 aliphatic carbocycles. The molecule has 0 heterocycles. The first-order chi connectivity index (χ1) is 9.40. The molecule has 0 bridgehead atoms. The van der Waals surface area contributed by atoms with Gasteiger partial charge in [0.05, 0.1) is 0 Å². The Morgan fingerprint density at radius 2 is 1.80 bits per heavy atom. The molecular weight excluding hydrogens is 330 g/mol. The molecule has 0 radical (unpaired) electrons. The first kappa shape index (κ1) is 14.5. The van der Waals surface area contributed by atoms with E-state index in [9.17, 15) is 13.6 Å². The number of carbonyl (C=O) groups is 1. The van der Waals surface area contributed by atoms with Crippen molar-refractivity contribution in [1.82, 2.24) is 0 Å². The van der Waals surface area contributed by atoms with Gasteiger partial charge in [0.25, 0.3) is 5.91 Å². The van der Waals surface area contributed by atoms with Crippen molar-refractivity contribution in [2.24, 2.45) is 0 Å². The van der Waals surface area contributed by atoms with Gasteiger partial charge in [0, 0.05) is 22.9 Å². The highest BCUT2D eigenvalue weighted by atomic mass is 79.9. The summed E-state index contributed by atoms with van der Waals surface area (Å²) in [5.41, 5.74) is 5.94. The Hall–Kier alpha value is -1.95. The molecule has 0 fully saturated rings. The van der Waals surface area contributed by atoms with Crippen molar-refractivity contribution in [3.05, 3.63) is 58.1 Å². The molecule has 0 unspecified atom stereocenters. The van der Waals surface area contributed by atoms with E-state index in [1.165, 1.54) is 7.05 Å². The third-order valence-electron chi connectivity index (χ3n) is 2.78. The molecule has 1 amide bonds. The molecule has 0 aliphatic rings. The minimum atomic E-state index is -0.919. The zero-order chi connectivity index (χ0) is 14.9. The standard InChI is InChI=1S/C14H11BrF2N2O/c1-19(10-4-2-3-9(18)7-10)14(20)13-11(16)5-8(15)6-12(13)17/h2-7H,18H2,1H3. The van der Waals surface area contributed by atoms with Crippen LogP contribution in [0.3, 0.4) is 0 Å². The maximum absolute atomic E-state index is 13.8. The van der Waals surface area contributed by atoms with Crippen molar-refractivity contribution >= 4 is 33.2 Å². The Morgan fingerprint density at radius 1 is 1.20 bits per heavy atom. The minimum absolute atomic E-state index is 0.232. The molecule has 3 nitrogen and oxygen atoms in total. The summed E-state index contributed by atoms with van der Waals surface area (Å²) in [4.78, 5) is 13.3. The monoisotopic (exact) mass is 340 g/mol. The maximum atomic E-state index is 13.8. The van der Waals surface area contributed by atoms with Gasteiger partial charge in [-0.3, -0.25) is 4.79 Å². The first-order valence-electron chi connectivity index (χ1n) is 5.68. The van der Waals surface area contributed by atoms with E-state index < -0.39 is 23.1 Å². The van der Waals surface area contributed by atoms with Crippen molar-refractivity contribution in [2.75, 3.05) is 17.7 Å². The molecule has 20 heavy (non-hydrogen) atoms. The van der Waals surface area contributed by atoms with Crippen LogP contribution in [0.5, 0.6) is 0 Å². The largest absolute Gasteiger partial charge is 0.399 e. The molecule has 0 atom stereocenters. The highest BCUT2D eigenvalue weighted by molar-refractivity contribution is 9.10. The lowest BCUT2D eigenvalue weighted by atomic mass is 10.1. The van der Waals surface area contributed by atoms with Crippen molar-refractivity contribution in [1.29, 1.82) is 0 Å². The Kier molecular flexibility index (Phi) is 4.04. The van der Waals surface area contributed by atoms with Gasteiger partial charge < -0.3 is 10.6 Å². The zero-order valence-corrected chi connectivity index (χ0v) is 12.1. The second kappa shape index (κ2) is 5.58. The quantitative estimate of drug-likeness (QED) is 0.849. The predicted octanol–water partition coefficient (Wildman–Crippen LogP) is 3.59. The van der Waals surface area contributed by atoms with Crippen LogP contribution in [-0.2, 0) is 0 Å². The molecule has 6 heteroatoms. The molecule has 0 saturated carbocycles. The third-order valence-corrected chi connectivity index (χ3v) is 3.24. The van der Waals surface area contributed by atoms with Crippen LogP contribution in [0.1, 0.15) is 10.4 Å². The van der Waals surface area contributed by atoms with Crippen LogP contribution in [0, 0.1) is 11.6 Å². The molecule has 2 rings (SSSR count). The number of carbonyl (C=O) groups excluding carboxylic acids is 1. The predicted molar refractivity (Wildman–Crippen MR) is 77.6 cm³/mol. The molecule has 0 saturated heterocycles. The number of hydrogen-bond donors (Lipinski definition) is 1. The van der Waals surface area contributed by atoms with Crippen LogP contribution >= 0.6 is 15.9 Å². The smallest absolute Gasteiger partial charge is 0.263 e. The van der Waals surface area contributed by atoms with Gasteiger partial charge in [-0.25, -0.2) is 8.78 Å². The number of amides is 1. The van der Waals surface area contributed by atoms with Crippen molar-refractivity contribution in [2.45, 2.75) is 0 Å². The summed E-state index contributed by atoms with van der Waals surface area (Å²) in [5, 5.41) is 0. The molecule has 0 aromatic heterocycles. The number of nitrogens with two attached hydrogens (primary N) is 1. The van der Waals surface area contributed by atoms with Crippen molar-refractivity contribution < 1.29 is 13.6 Å². The summed E-state index contributed by atoms with van der Waals surface area (Å²) in [6, 6.07) is 8.58. The Morgan fingerprint density at radius 3 is 2.35 bits per heavy atom. The Bertz CT molecular complexity index is 653. The highest BCUT2D eigenvalue weighted by Crippen LogP contribution is 2.23. The van der Waals surface area contributed by atoms with E-state index in [1.54, 1.807) is 24.3 Å². The van der Waals surface area contributed by atoms with Gasteiger partial charge in [0.2, 0.25) is 0 Å². The number of anilines is 2. The van der Waals surface area contributed by atoms with Gasteiger partial charge in [-0.15, -0.1) is 0 Å². The van der Waals surface area contributed by atoms with Crippen LogP contribution in [0.4, 0.5) is 20.2 Å². The lowest BCUT2D eigenvalue weighted by Gasteiger charge is -2.18. The van der Waals surface area contributed by atoms with E-state index in [0.29, 0.717) is 11.4 Å².